The van der Waals surface area contributed by atoms with Crippen molar-refractivity contribution in [1.29, 1.82) is 0 Å². The largest absolute Gasteiger partial charge is 0.347 e. The first-order valence-electron chi connectivity index (χ1n) is 5.38. The van der Waals surface area contributed by atoms with Gasteiger partial charge in [0.25, 0.3) is 0 Å². The summed E-state index contributed by atoms with van der Waals surface area (Å²) in [6, 6.07) is 6.43. The van der Waals surface area contributed by atoms with Gasteiger partial charge in [-0.3, -0.25) is 0 Å². The summed E-state index contributed by atoms with van der Waals surface area (Å²) < 4.78 is 36.9. The van der Waals surface area contributed by atoms with E-state index in [4.69, 9.17) is 0 Å². The van der Waals surface area contributed by atoms with Crippen molar-refractivity contribution in [3.8, 4) is 0 Å². The van der Waals surface area contributed by atoms with Gasteiger partial charge >= 0.3 is 0 Å². The van der Waals surface area contributed by atoms with Crippen LogP contribution in [0.1, 0.15) is 6.42 Å². The molecule has 0 saturated heterocycles. The van der Waals surface area contributed by atoms with Crippen molar-refractivity contribution < 1.29 is 12.8 Å². The summed E-state index contributed by atoms with van der Waals surface area (Å²) in [6.45, 7) is 0.627. The molecule has 2 rings (SSSR count). The summed E-state index contributed by atoms with van der Waals surface area (Å²) in [4.78, 5) is 0. The van der Waals surface area contributed by atoms with E-state index < -0.39 is 9.84 Å². The molecule has 2 aromatic rings. The van der Waals surface area contributed by atoms with E-state index in [1.165, 1.54) is 18.4 Å². The lowest BCUT2D eigenvalue weighted by Gasteiger charge is -2.04. The second kappa shape index (κ2) is 4.49. The lowest BCUT2D eigenvalue weighted by Crippen LogP contribution is -2.06. The average molecular weight is 255 g/mol. The van der Waals surface area contributed by atoms with Gasteiger partial charge in [-0.1, -0.05) is 0 Å². The molecule has 0 aliphatic rings. The molecule has 0 amide bonds. The first kappa shape index (κ1) is 12.1. The maximum atomic E-state index is 13.0. The zero-order valence-electron chi connectivity index (χ0n) is 9.56. The first-order chi connectivity index (χ1) is 7.96. The molecule has 1 heterocycles. The maximum Gasteiger partial charge on any atom is 0.147 e. The third-order valence-electron chi connectivity index (χ3n) is 2.65. The van der Waals surface area contributed by atoms with Crippen LogP contribution in [0.4, 0.5) is 4.39 Å². The second-order valence-corrected chi connectivity index (χ2v) is 6.46. The molecule has 0 spiro atoms. The highest BCUT2D eigenvalue weighted by atomic mass is 32.2. The highest BCUT2D eigenvalue weighted by molar-refractivity contribution is 7.90. The number of hydrogen-bond acceptors (Lipinski definition) is 2. The summed E-state index contributed by atoms with van der Waals surface area (Å²) in [6.07, 6.45) is 3.66. The van der Waals surface area contributed by atoms with Crippen LogP contribution in [-0.2, 0) is 16.4 Å². The molecule has 0 aliphatic heterocycles. The standard InChI is InChI=1S/C12H14FNO2S/c1-17(15,16)8-2-6-14-7-5-10-9-11(13)3-4-12(10)14/h3-5,7,9H,2,6,8H2,1H3. The maximum absolute atomic E-state index is 13.0. The van der Waals surface area contributed by atoms with Crippen molar-refractivity contribution in [2.45, 2.75) is 13.0 Å². The third kappa shape index (κ3) is 3.06. The van der Waals surface area contributed by atoms with Crippen LogP contribution in [0, 0.1) is 5.82 Å². The van der Waals surface area contributed by atoms with Crippen LogP contribution in [0.15, 0.2) is 30.5 Å². The molecule has 1 aromatic heterocycles. The van der Waals surface area contributed by atoms with Crippen molar-refractivity contribution in [2.75, 3.05) is 12.0 Å². The van der Waals surface area contributed by atoms with Gasteiger partial charge in [0.15, 0.2) is 0 Å². The molecule has 1 aromatic carbocycles. The Kier molecular flexibility index (Phi) is 3.19. The van der Waals surface area contributed by atoms with Gasteiger partial charge in [-0.15, -0.1) is 0 Å². The number of aromatic nitrogens is 1. The minimum Gasteiger partial charge on any atom is -0.347 e. The fraction of sp³-hybridized carbons (Fsp3) is 0.333. The molecule has 0 radical (unpaired) electrons. The molecule has 0 atom stereocenters. The number of fused-ring (bicyclic) bond motifs is 1. The van der Waals surface area contributed by atoms with Gasteiger partial charge in [0.1, 0.15) is 15.7 Å². The van der Waals surface area contributed by atoms with E-state index in [0.29, 0.717) is 13.0 Å². The number of nitrogens with zero attached hydrogens (tertiary/aromatic N) is 1. The molecule has 0 aliphatic carbocycles. The van der Waals surface area contributed by atoms with Crippen molar-refractivity contribution in [3.63, 3.8) is 0 Å². The van der Waals surface area contributed by atoms with Crippen molar-refractivity contribution in [1.82, 2.24) is 4.57 Å². The highest BCUT2D eigenvalue weighted by Crippen LogP contribution is 2.17. The zero-order valence-corrected chi connectivity index (χ0v) is 10.4. The molecule has 3 nitrogen and oxygen atoms in total. The van der Waals surface area contributed by atoms with Gasteiger partial charge in [-0.2, -0.15) is 0 Å². The van der Waals surface area contributed by atoms with Crippen LogP contribution in [0.3, 0.4) is 0 Å². The molecule has 5 heteroatoms. The van der Waals surface area contributed by atoms with Crippen LogP contribution < -0.4 is 0 Å². The molecular formula is C12H14FNO2S. The van der Waals surface area contributed by atoms with E-state index in [2.05, 4.69) is 0 Å². The number of aryl methyl sites for hydroxylation is 1. The van der Waals surface area contributed by atoms with Gasteiger partial charge in [0.2, 0.25) is 0 Å². The predicted molar refractivity (Wildman–Crippen MR) is 66.2 cm³/mol. The van der Waals surface area contributed by atoms with Crippen molar-refractivity contribution in [2.24, 2.45) is 0 Å². The monoisotopic (exact) mass is 255 g/mol. The quantitative estimate of drug-likeness (QED) is 0.840. The van der Waals surface area contributed by atoms with E-state index >= 15 is 0 Å². The van der Waals surface area contributed by atoms with Crippen molar-refractivity contribution >= 4 is 20.7 Å². The molecule has 0 unspecified atom stereocenters. The van der Waals surface area contributed by atoms with Gasteiger partial charge in [-0.25, -0.2) is 12.8 Å². The molecule has 0 bridgehead atoms. The lowest BCUT2D eigenvalue weighted by atomic mass is 10.2. The molecule has 17 heavy (non-hydrogen) atoms. The number of hydrogen-bond donors (Lipinski definition) is 0. The zero-order chi connectivity index (χ0) is 12.5. The number of benzene rings is 1. The van der Waals surface area contributed by atoms with Crippen LogP contribution in [-0.4, -0.2) is 25.0 Å². The Hall–Kier alpha value is -1.36. The van der Waals surface area contributed by atoms with E-state index in [1.807, 2.05) is 16.8 Å². The minimum absolute atomic E-state index is 0.174. The normalized spacial score (nSPS) is 12.1. The number of halogens is 1. The summed E-state index contributed by atoms with van der Waals surface area (Å²) in [5, 5.41) is 0.837. The Morgan fingerprint density at radius 2 is 2.06 bits per heavy atom. The van der Waals surface area contributed by atoms with E-state index in [0.717, 1.165) is 10.9 Å². The summed E-state index contributed by atoms with van der Waals surface area (Å²) >= 11 is 0. The Labute approximate surface area is 99.8 Å². The number of rotatable bonds is 4. The van der Waals surface area contributed by atoms with Gasteiger partial charge in [-0.05, 0) is 30.7 Å². The average Bonchev–Trinajstić information content (AvgIpc) is 2.59. The third-order valence-corrected chi connectivity index (χ3v) is 3.68. The minimum atomic E-state index is -2.91. The lowest BCUT2D eigenvalue weighted by molar-refractivity contribution is 0.593. The molecule has 92 valence electrons. The van der Waals surface area contributed by atoms with E-state index in [9.17, 15) is 12.8 Å². The fourth-order valence-corrected chi connectivity index (χ4v) is 2.52. The highest BCUT2D eigenvalue weighted by Gasteiger charge is 2.04. The van der Waals surface area contributed by atoms with E-state index in [-0.39, 0.29) is 11.6 Å². The summed E-state index contributed by atoms with van der Waals surface area (Å²) in [5.74, 6) is -0.0835. The van der Waals surface area contributed by atoms with Crippen LogP contribution in [0.2, 0.25) is 0 Å². The second-order valence-electron chi connectivity index (χ2n) is 4.20. The Bertz CT molecular complexity index is 631. The van der Waals surface area contributed by atoms with Gasteiger partial charge < -0.3 is 4.57 Å². The Morgan fingerprint density at radius 3 is 2.76 bits per heavy atom. The molecule has 0 fully saturated rings. The van der Waals surface area contributed by atoms with Gasteiger partial charge in [0, 0.05) is 29.9 Å². The SMILES string of the molecule is CS(=O)(=O)CCCn1ccc2cc(F)ccc21. The molecule has 0 saturated carbocycles. The van der Waals surface area contributed by atoms with Gasteiger partial charge in [0.05, 0.1) is 5.75 Å². The summed E-state index contributed by atoms with van der Waals surface area (Å²) in [7, 11) is -2.91. The van der Waals surface area contributed by atoms with Crippen LogP contribution >= 0.6 is 0 Å². The number of sulfone groups is 1. The molecule has 0 N–H and O–H groups in total. The first-order valence-corrected chi connectivity index (χ1v) is 7.44. The fourth-order valence-electron chi connectivity index (χ4n) is 1.86. The Morgan fingerprint density at radius 1 is 1.29 bits per heavy atom. The topological polar surface area (TPSA) is 39.1 Å². The van der Waals surface area contributed by atoms with Crippen LogP contribution in [0.5, 0.6) is 0 Å². The van der Waals surface area contributed by atoms with E-state index in [1.54, 1.807) is 6.07 Å². The van der Waals surface area contributed by atoms with Crippen molar-refractivity contribution in [3.05, 3.63) is 36.3 Å². The summed E-state index contributed by atoms with van der Waals surface area (Å²) in [5.41, 5.74) is 0.930. The molecular weight excluding hydrogens is 241 g/mol. The predicted octanol–water partition coefficient (Wildman–Crippen LogP) is 2.22. The smallest absolute Gasteiger partial charge is 0.147 e. The van der Waals surface area contributed by atoms with Crippen LogP contribution in [0.25, 0.3) is 10.9 Å². The Balaban J connectivity index is 2.14.